The van der Waals surface area contributed by atoms with Crippen molar-refractivity contribution >= 4 is 17.5 Å². The standard InChI is InChI=1S/C17H18N2O4/c1-11(12-6-8-15(23-2)9-7-12)18-16(21)17(22)19-13-4-3-5-14(20)10-13/h3-11,20H,1-2H3,(H,18,21)(H,19,22). The highest BCUT2D eigenvalue weighted by Crippen LogP contribution is 2.18. The van der Waals surface area contributed by atoms with Gasteiger partial charge in [-0.25, -0.2) is 0 Å². The van der Waals surface area contributed by atoms with Crippen molar-refractivity contribution in [3.05, 3.63) is 54.1 Å². The SMILES string of the molecule is COc1ccc(C(C)NC(=O)C(=O)Nc2cccc(O)c2)cc1. The summed E-state index contributed by atoms with van der Waals surface area (Å²) in [5, 5.41) is 14.4. The van der Waals surface area contributed by atoms with Gasteiger partial charge in [-0.1, -0.05) is 18.2 Å². The van der Waals surface area contributed by atoms with Crippen molar-refractivity contribution in [2.75, 3.05) is 12.4 Å². The van der Waals surface area contributed by atoms with Crippen molar-refractivity contribution in [2.45, 2.75) is 13.0 Å². The Morgan fingerprint density at radius 2 is 1.78 bits per heavy atom. The number of phenols is 1. The molecular formula is C17H18N2O4. The van der Waals surface area contributed by atoms with Crippen molar-refractivity contribution in [2.24, 2.45) is 0 Å². The number of carbonyl (C=O) groups excluding carboxylic acids is 2. The van der Waals surface area contributed by atoms with Crippen molar-refractivity contribution in [3.63, 3.8) is 0 Å². The predicted molar refractivity (Wildman–Crippen MR) is 86.3 cm³/mol. The van der Waals surface area contributed by atoms with E-state index < -0.39 is 11.8 Å². The lowest BCUT2D eigenvalue weighted by atomic mass is 10.1. The van der Waals surface area contributed by atoms with E-state index in [-0.39, 0.29) is 11.8 Å². The van der Waals surface area contributed by atoms with Crippen LogP contribution in [0.1, 0.15) is 18.5 Å². The number of carbonyl (C=O) groups is 2. The van der Waals surface area contributed by atoms with Gasteiger partial charge < -0.3 is 20.5 Å². The lowest BCUT2D eigenvalue weighted by molar-refractivity contribution is -0.136. The van der Waals surface area contributed by atoms with Crippen LogP contribution in [-0.2, 0) is 9.59 Å². The number of rotatable bonds is 4. The van der Waals surface area contributed by atoms with Crippen LogP contribution in [0.3, 0.4) is 0 Å². The van der Waals surface area contributed by atoms with Crippen molar-refractivity contribution in [3.8, 4) is 11.5 Å². The highest BCUT2D eigenvalue weighted by Gasteiger charge is 2.17. The summed E-state index contributed by atoms with van der Waals surface area (Å²) in [6.45, 7) is 1.78. The first-order chi connectivity index (χ1) is 11.0. The van der Waals surface area contributed by atoms with E-state index in [2.05, 4.69) is 10.6 Å². The Morgan fingerprint density at radius 3 is 2.39 bits per heavy atom. The van der Waals surface area contributed by atoms with Gasteiger partial charge in [0.15, 0.2) is 0 Å². The molecule has 6 heteroatoms. The molecule has 0 radical (unpaired) electrons. The number of anilines is 1. The normalized spacial score (nSPS) is 11.4. The molecule has 6 nitrogen and oxygen atoms in total. The number of phenolic OH excluding ortho intramolecular Hbond substituents is 1. The van der Waals surface area contributed by atoms with Crippen molar-refractivity contribution in [1.29, 1.82) is 0 Å². The average Bonchev–Trinajstić information content (AvgIpc) is 2.54. The van der Waals surface area contributed by atoms with Crippen LogP contribution in [0.15, 0.2) is 48.5 Å². The zero-order valence-electron chi connectivity index (χ0n) is 12.9. The summed E-state index contributed by atoms with van der Waals surface area (Å²) < 4.78 is 5.07. The molecule has 0 bridgehead atoms. The van der Waals surface area contributed by atoms with Crippen LogP contribution >= 0.6 is 0 Å². The minimum atomic E-state index is -0.795. The van der Waals surface area contributed by atoms with E-state index in [9.17, 15) is 14.7 Å². The van der Waals surface area contributed by atoms with Gasteiger partial charge in [0.2, 0.25) is 0 Å². The fourth-order valence-electron chi connectivity index (χ4n) is 2.01. The first kappa shape index (κ1) is 16.4. The van der Waals surface area contributed by atoms with Crippen molar-refractivity contribution < 1.29 is 19.4 Å². The highest BCUT2D eigenvalue weighted by atomic mass is 16.5. The third kappa shape index (κ3) is 4.47. The molecule has 0 heterocycles. The van der Waals surface area contributed by atoms with E-state index in [1.54, 1.807) is 38.3 Å². The van der Waals surface area contributed by atoms with E-state index in [4.69, 9.17) is 4.74 Å². The molecule has 0 spiro atoms. The monoisotopic (exact) mass is 314 g/mol. The van der Waals surface area contributed by atoms with E-state index in [0.717, 1.165) is 5.56 Å². The van der Waals surface area contributed by atoms with Crippen LogP contribution in [0.2, 0.25) is 0 Å². The Labute approximate surface area is 134 Å². The molecule has 1 atom stereocenters. The van der Waals surface area contributed by atoms with Crippen LogP contribution in [0.25, 0.3) is 0 Å². The topological polar surface area (TPSA) is 87.7 Å². The number of hydrogen-bond donors (Lipinski definition) is 3. The van der Waals surface area contributed by atoms with Gasteiger partial charge in [-0.05, 0) is 36.8 Å². The van der Waals surface area contributed by atoms with Crippen LogP contribution < -0.4 is 15.4 Å². The molecule has 0 aliphatic rings. The predicted octanol–water partition coefficient (Wildman–Crippen LogP) is 2.22. The summed E-state index contributed by atoms with van der Waals surface area (Å²) in [6, 6.07) is 12.9. The fourth-order valence-corrected chi connectivity index (χ4v) is 2.01. The smallest absolute Gasteiger partial charge is 0.313 e. The number of benzene rings is 2. The largest absolute Gasteiger partial charge is 0.508 e. The summed E-state index contributed by atoms with van der Waals surface area (Å²) in [7, 11) is 1.58. The average molecular weight is 314 g/mol. The lowest BCUT2D eigenvalue weighted by Gasteiger charge is -2.14. The number of aromatic hydroxyl groups is 1. The van der Waals surface area contributed by atoms with E-state index in [1.165, 1.54) is 12.1 Å². The number of hydrogen-bond acceptors (Lipinski definition) is 4. The van der Waals surface area contributed by atoms with Gasteiger partial charge in [-0.2, -0.15) is 0 Å². The summed E-state index contributed by atoms with van der Waals surface area (Å²) in [6.07, 6.45) is 0. The van der Waals surface area contributed by atoms with Crippen LogP contribution in [0.5, 0.6) is 11.5 Å². The summed E-state index contributed by atoms with van der Waals surface area (Å²) in [5.74, 6) is -0.823. The fraction of sp³-hybridized carbons (Fsp3) is 0.176. The molecule has 3 N–H and O–H groups in total. The number of nitrogens with one attached hydrogen (secondary N) is 2. The number of amides is 2. The molecule has 2 aromatic carbocycles. The third-order valence-electron chi connectivity index (χ3n) is 3.27. The van der Waals surface area contributed by atoms with Gasteiger partial charge in [-0.15, -0.1) is 0 Å². The molecule has 23 heavy (non-hydrogen) atoms. The third-order valence-corrected chi connectivity index (χ3v) is 3.27. The molecule has 0 aromatic heterocycles. The van der Waals surface area contributed by atoms with Crippen molar-refractivity contribution in [1.82, 2.24) is 5.32 Å². The lowest BCUT2D eigenvalue weighted by Crippen LogP contribution is -2.36. The van der Waals surface area contributed by atoms with Gasteiger partial charge in [0.25, 0.3) is 0 Å². The Balaban J connectivity index is 1.95. The molecule has 120 valence electrons. The molecule has 0 aliphatic heterocycles. The van der Waals surface area contributed by atoms with Gasteiger partial charge in [0.1, 0.15) is 11.5 Å². The quantitative estimate of drug-likeness (QED) is 0.755. The molecule has 0 saturated heterocycles. The van der Waals surface area contributed by atoms with Crippen LogP contribution in [0, 0.1) is 0 Å². The minimum absolute atomic E-state index is 0.00908. The number of methoxy groups -OCH3 is 1. The summed E-state index contributed by atoms with van der Waals surface area (Å²) >= 11 is 0. The molecule has 0 aliphatic carbocycles. The maximum Gasteiger partial charge on any atom is 0.313 e. The van der Waals surface area contributed by atoms with Gasteiger partial charge in [-0.3, -0.25) is 9.59 Å². The highest BCUT2D eigenvalue weighted by molar-refractivity contribution is 6.39. The van der Waals surface area contributed by atoms with Gasteiger partial charge >= 0.3 is 11.8 Å². The van der Waals surface area contributed by atoms with E-state index in [0.29, 0.717) is 11.4 Å². The first-order valence-corrected chi connectivity index (χ1v) is 7.04. The van der Waals surface area contributed by atoms with E-state index in [1.807, 2.05) is 12.1 Å². The van der Waals surface area contributed by atoms with Gasteiger partial charge in [0.05, 0.1) is 13.2 Å². The number of ether oxygens (including phenoxy) is 1. The second-order valence-corrected chi connectivity index (χ2v) is 4.97. The minimum Gasteiger partial charge on any atom is -0.508 e. The molecular weight excluding hydrogens is 296 g/mol. The van der Waals surface area contributed by atoms with Crippen LogP contribution in [0.4, 0.5) is 5.69 Å². The second kappa shape index (κ2) is 7.31. The Kier molecular flexibility index (Phi) is 5.19. The zero-order valence-corrected chi connectivity index (χ0v) is 12.9. The first-order valence-electron chi connectivity index (χ1n) is 7.04. The Hall–Kier alpha value is -3.02. The van der Waals surface area contributed by atoms with Crippen LogP contribution in [-0.4, -0.2) is 24.0 Å². The molecule has 1 unspecified atom stereocenters. The Bertz CT molecular complexity index is 698. The molecule has 0 saturated carbocycles. The molecule has 2 amide bonds. The van der Waals surface area contributed by atoms with Gasteiger partial charge in [0, 0.05) is 11.8 Å². The molecule has 2 aromatic rings. The second-order valence-electron chi connectivity index (χ2n) is 4.97. The maximum atomic E-state index is 11.9. The Morgan fingerprint density at radius 1 is 1.09 bits per heavy atom. The maximum absolute atomic E-state index is 11.9. The van der Waals surface area contributed by atoms with E-state index >= 15 is 0 Å². The zero-order chi connectivity index (χ0) is 16.8. The summed E-state index contributed by atoms with van der Waals surface area (Å²) in [4.78, 5) is 23.8. The molecule has 0 fully saturated rings. The summed E-state index contributed by atoms with van der Waals surface area (Å²) in [5.41, 5.74) is 1.20. The molecule has 2 rings (SSSR count).